The minimum Gasteiger partial charge on any atom is -0.416 e. The van der Waals surface area contributed by atoms with Crippen LogP contribution in [0.2, 0.25) is 0 Å². The fraction of sp³-hybridized carbons (Fsp3) is 0.438. The molecule has 0 amide bonds. The lowest BCUT2D eigenvalue weighted by molar-refractivity contribution is 0.102. The maximum atomic E-state index is 12.8. The summed E-state index contributed by atoms with van der Waals surface area (Å²) in [6.07, 6.45) is 5.89. The van der Waals surface area contributed by atoms with Gasteiger partial charge in [0.2, 0.25) is 5.89 Å². The smallest absolute Gasteiger partial charge is 0.277 e. The van der Waals surface area contributed by atoms with Crippen LogP contribution in [0.5, 0.6) is 0 Å². The molecule has 3 rings (SSSR count). The highest BCUT2D eigenvalue weighted by Gasteiger charge is 2.21. The van der Waals surface area contributed by atoms with Crippen molar-refractivity contribution in [2.24, 2.45) is 0 Å². The van der Waals surface area contributed by atoms with E-state index >= 15 is 0 Å². The predicted octanol–water partition coefficient (Wildman–Crippen LogP) is 4.23. The molecular weight excluding hydrogens is 303 g/mol. The zero-order valence-electron chi connectivity index (χ0n) is 12.1. The second-order valence-corrected chi connectivity index (χ2v) is 6.39. The Labute approximate surface area is 132 Å². The molecule has 1 aromatic heterocycles. The van der Waals surface area contributed by atoms with E-state index < -0.39 is 0 Å². The van der Waals surface area contributed by atoms with Gasteiger partial charge in [-0.25, -0.2) is 4.39 Å². The largest absolute Gasteiger partial charge is 0.416 e. The van der Waals surface area contributed by atoms with E-state index in [1.807, 2.05) is 0 Å². The van der Waals surface area contributed by atoms with E-state index in [0.29, 0.717) is 22.6 Å². The Morgan fingerprint density at radius 2 is 1.91 bits per heavy atom. The van der Waals surface area contributed by atoms with Gasteiger partial charge in [-0.3, -0.25) is 4.79 Å². The molecule has 22 heavy (non-hydrogen) atoms. The number of nitrogens with zero attached hydrogens (tertiary/aromatic N) is 2. The number of ketones is 1. The summed E-state index contributed by atoms with van der Waals surface area (Å²) in [5.41, 5.74) is 0.487. The number of hydrogen-bond donors (Lipinski definition) is 0. The van der Waals surface area contributed by atoms with Gasteiger partial charge in [-0.05, 0) is 37.1 Å². The molecule has 1 saturated carbocycles. The molecule has 0 bridgehead atoms. The van der Waals surface area contributed by atoms with Crippen molar-refractivity contribution >= 4 is 17.5 Å². The molecule has 116 valence electrons. The second-order valence-electron chi connectivity index (χ2n) is 5.46. The van der Waals surface area contributed by atoms with Crippen LogP contribution in [0.3, 0.4) is 0 Å². The molecule has 1 aromatic carbocycles. The summed E-state index contributed by atoms with van der Waals surface area (Å²) in [4.78, 5) is 12.0. The van der Waals surface area contributed by atoms with E-state index in [0.717, 1.165) is 12.8 Å². The van der Waals surface area contributed by atoms with Gasteiger partial charge in [0.05, 0.1) is 5.75 Å². The molecular formula is C16H17FN2O2S. The second kappa shape index (κ2) is 7.05. The lowest BCUT2D eigenvalue weighted by Crippen LogP contribution is -2.04. The molecule has 1 fully saturated rings. The molecule has 0 aliphatic heterocycles. The fourth-order valence-electron chi connectivity index (χ4n) is 2.64. The first-order valence-corrected chi connectivity index (χ1v) is 8.46. The number of carbonyl (C=O) groups is 1. The summed E-state index contributed by atoms with van der Waals surface area (Å²) in [5, 5.41) is 8.54. The number of hydrogen-bond acceptors (Lipinski definition) is 5. The molecule has 1 aliphatic carbocycles. The number of aromatic nitrogens is 2. The molecule has 6 heteroatoms. The Morgan fingerprint density at radius 1 is 1.18 bits per heavy atom. The van der Waals surface area contributed by atoms with Crippen LogP contribution >= 0.6 is 11.8 Å². The van der Waals surface area contributed by atoms with E-state index in [1.165, 1.54) is 55.3 Å². The summed E-state index contributed by atoms with van der Waals surface area (Å²) in [7, 11) is 0. The van der Waals surface area contributed by atoms with Crippen molar-refractivity contribution in [1.29, 1.82) is 0 Å². The molecule has 0 radical (unpaired) electrons. The van der Waals surface area contributed by atoms with Gasteiger partial charge in [0, 0.05) is 11.5 Å². The predicted molar refractivity (Wildman–Crippen MR) is 81.6 cm³/mol. The van der Waals surface area contributed by atoms with Gasteiger partial charge in [-0.1, -0.05) is 31.0 Å². The van der Waals surface area contributed by atoms with Crippen molar-refractivity contribution in [1.82, 2.24) is 10.2 Å². The number of carbonyl (C=O) groups excluding carboxylic acids is 1. The fourth-order valence-corrected chi connectivity index (χ4v) is 3.30. The van der Waals surface area contributed by atoms with E-state index in [-0.39, 0.29) is 17.4 Å². The van der Waals surface area contributed by atoms with Crippen LogP contribution in [0.4, 0.5) is 4.39 Å². The summed E-state index contributed by atoms with van der Waals surface area (Å²) in [6.45, 7) is 0. The van der Waals surface area contributed by atoms with Crippen molar-refractivity contribution in [2.75, 3.05) is 5.75 Å². The third kappa shape index (κ3) is 3.74. The number of benzene rings is 1. The minimum absolute atomic E-state index is 0.0811. The quantitative estimate of drug-likeness (QED) is 0.609. The lowest BCUT2D eigenvalue weighted by Gasteiger charge is -2.17. The Kier molecular flexibility index (Phi) is 4.87. The van der Waals surface area contributed by atoms with Crippen LogP contribution in [-0.4, -0.2) is 21.7 Å². The van der Waals surface area contributed by atoms with Crippen molar-refractivity contribution in [2.45, 2.75) is 43.2 Å². The van der Waals surface area contributed by atoms with Crippen LogP contribution in [0.25, 0.3) is 0 Å². The zero-order chi connectivity index (χ0) is 15.4. The Morgan fingerprint density at radius 3 is 2.64 bits per heavy atom. The molecule has 4 nitrogen and oxygen atoms in total. The van der Waals surface area contributed by atoms with E-state index in [2.05, 4.69) is 10.2 Å². The standard InChI is InChI=1S/C16H17FN2O2S/c17-13-8-6-11(7-9-13)14(20)10-22-16-19-18-15(21-16)12-4-2-1-3-5-12/h6-9,12H,1-5,10H2. The van der Waals surface area contributed by atoms with Crippen molar-refractivity contribution < 1.29 is 13.6 Å². The Balaban J connectivity index is 1.56. The Bertz CT molecular complexity index is 636. The van der Waals surface area contributed by atoms with Crippen LogP contribution in [0.1, 0.15) is 54.3 Å². The number of rotatable bonds is 5. The van der Waals surface area contributed by atoms with Gasteiger partial charge in [0.1, 0.15) is 5.82 Å². The molecule has 0 spiro atoms. The molecule has 0 unspecified atom stereocenters. The molecule has 2 aromatic rings. The van der Waals surface area contributed by atoms with E-state index in [9.17, 15) is 9.18 Å². The molecule has 0 atom stereocenters. The first-order valence-electron chi connectivity index (χ1n) is 7.47. The Hall–Kier alpha value is -1.69. The topological polar surface area (TPSA) is 56.0 Å². The van der Waals surface area contributed by atoms with Gasteiger partial charge < -0.3 is 4.42 Å². The normalized spacial score (nSPS) is 15.9. The monoisotopic (exact) mass is 320 g/mol. The molecule has 1 aliphatic rings. The molecule has 0 N–H and O–H groups in total. The zero-order valence-corrected chi connectivity index (χ0v) is 12.9. The average molecular weight is 320 g/mol. The maximum Gasteiger partial charge on any atom is 0.277 e. The highest BCUT2D eigenvalue weighted by Crippen LogP contribution is 2.32. The highest BCUT2D eigenvalue weighted by atomic mass is 32.2. The number of thioether (sulfide) groups is 1. The van der Waals surface area contributed by atoms with E-state index in [4.69, 9.17) is 4.42 Å². The third-order valence-electron chi connectivity index (χ3n) is 3.87. The van der Waals surface area contributed by atoms with Gasteiger partial charge in [-0.2, -0.15) is 0 Å². The third-order valence-corrected chi connectivity index (χ3v) is 4.69. The van der Waals surface area contributed by atoms with Crippen LogP contribution < -0.4 is 0 Å². The number of Topliss-reactive ketones (excluding diaryl/α,β-unsaturated/α-hetero) is 1. The first kappa shape index (κ1) is 15.2. The van der Waals surface area contributed by atoms with Crippen LogP contribution in [0.15, 0.2) is 33.9 Å². The first-order chi connectivity index (χ1) is 10.7. The summed E-state index contributed by atoms with van der Waals surface area (Å²) in [6, 6.07) is 5.54. The lowest BCUT2D eigenvalue weighted by atomic mass is 9.89. The van der Waals surface area contributed by atoms with Gasteiger partial charge in [0.25, 0.3) is 5.22 Å². The van der Waals surface area contributed by atoms with Gasteiger partial charge in [0.15, 0.2) is 5.78 Å². The van der Waals surface area contributed by atoms with Crippen LogP contribution in [-0.2, 0) is 0 Å². The summed E-state index contributed by atoms with van der Waals surface area (Å²) in [5.74, 6) is 0.832. The van der Waals surface area contributed by atoms with Crippen molar-refractivity contribution in [3.05, 3.63) is 41.5 Å². The maximum absolute atomic E-state index is 12.8. The SMILES string of the molecule is O=C(CSc1nnc(C2CCCCC2)o1)c1ccc(F)cc1. The molecule has 0 saturated heterocycles. The van der Waals surface area contributed by atoms with Gasteiger partial charge >= 0.3 is 0 Å². The van der Waals surface area contributed by atoms with E-state index in [1.54, 1.807) is 0 Å². The van der Waals surface area contributed by atoms with Gasteiger partial charge in [-0.15, -0.1) is 10.2 Å². The minimum atomic E-state index is -0.349. The highest BCUT2D eigenvalue weighted by molar-refractivity contribution is 7.99. The summed E-state index contributed by atoms with van der Waals surface area (Å²) >= 11 is 1.23. The van der Waals surface area contributed by atoms with Crippen LogP contribution in [0, 0.1) is 5.82 Å². The van der Waals surface area contributed by atoms with Crippen molar-refractivity contribution in [3.63, 3.8) is 0 Å². The number of halogens is 1. The molecule has 1 heterocycles. The summed E-state index contributed by atoms with van der Waals surface area (Å²) < 4.78 is 18.5. The average Bonchev–Trinajstić information content (AvgIpc) is 3.03. The van der Waals surface area contributed by atoms with Crippen molar-refractivity contribution in [3.8, 4) is 0 Å².